The maximum absolute atomic E-state index is 14.5. The topological polar surface area (TPSA) is 181 Å². The molecular formula is C54H81F3N4O11. The molecule has 3 amide bonds. The van der Waals surface area contributed by atoms with Crippen LogP contribution >= 0.6 is 0 Å². The van der Waals surface area contributed by atoms with E-state index >= 15 is 0 Å². The molecule has 0 radical (unpaired) electrons. The van der Waals surface area contributed by atoms with E-state index in [-0.39, 0.29) is 78.4 Å². The van der Waals surface area contributed by atoms with Gasteiger partial charge >= 0.3 is 12.1 Å². The van der Waals surface area contributed by atoms with Gasteiger partial charge in [-0.05, 0) is 80.2 Å². The second kappa shape index (κ2) is 29.7. The van der Waals surface area contributed by atoms with Gasteiger partial charge in [-0.2, -0.15) is 13.2 Å². The molecule has 4 rings (SSSR count). The van der Waals surface area contributed by atoms with Crippen LogP contribution in [0, 0.1) is 35.5 Å². The number of carbonyl (C=O) groups is 6. The Labute approximate surface area is 424 Å². The second-order valence-electron chi connectivity index (χ2n) is 19.9. The number of halogens is 3. The van der Waals surface area contributed by atoms with E-state index in [1.165, 1.54) is 5.06 Å². The molecular weight excluding hydrogens is 938 g/mol. The highest BCUT2D eigenvalue weighted by molar-refractivity contribution is 5.90. The van der Waals surface area contributed by atoms with Crippen LogP contribution in [-0.4, -0.2) is 140 Å². The minimum atomic E-state index is -5.08. The number of carboxylic acid groups (broad SMARTS) is 1. The summed E-state index contributed by atoms with van der Waals surface area (Å²) in [5, 5.41) is 11.7. The Morgan fingerprint density at radius 1 is 0.833 bits per heavy atom. The third-order valence-electron chi connectivity index (χ3n) is 14.2. The van der Waals surface area contributed by atoms with Crippen molar-refractivity contribution in [2.24, 2.45) is 35.5 Å². The quantitative estimate of drug-likeness (QED) is 0.0930. The molecule has 2 fully saturated rings. The number of rotatable bonds is 26. The summed E-state index contributed by atoms with van der Waals surface area (Å²) in [6, 6.07) is 16.4. The van der Waals surface area contributed by atoms with Crippen LogP contribution in [0.4, 0.5) is 13.2 Å². The summed E-state index contributed by atoms with van der Waals surface area (Å²) >= 11 is 0. The first-order valence-electron chi connectivity index (χ1n) is 25.3. The zero-order valence-electron chi connectivity index (χ0n) is 44.2. The molecule has 72 heavy (non-hydrogen) atoms. The number of nitrogens with one attached hydrogen (secondary N) is 1. The Morgan fingerprint density at radius 2 is 1.47 bits per heavy atom. The molecule has 2 heterocycles. The number of nitrogens with zero attached hydrogens (tertiary/aromatic N) is 3. The molecule has 0 spiro atoms. The van der Waals surface area contributed by atoms with Gasteiger partial charge in [-0.3, -0.25) is 28.8 Å². The molecule has 2 aromatic rings. The Balaban J connectivity index is 0.00000181. The van der Waals surface area contributed by atoms with E-state index in [1.807, 2.05) is 94.1 Å². The molecule has 0 aromatic heterocycles. The van der Waals surface area contributed by atoms with Crippen molar-refractivity contribution in [3.63, 3.8) is 0 Å². The minimum absolute atomic E-state index is 0.00854. The van der Waals surface area contributed by atoms with Crippen molar-refractivity contribution >= 4 is 35.3 Å². The monoisotopic (exact) mass is 1020 g/mol. The van der Waals surface area contributed by atoms with Crippen molar-refractivity contribution in [3.05, 3.63) is 65.7 Å². The molecule has 9 atom stereocenters. The summed E-state index contributed by atoms with van der Waals surface area (Å²) in [5.41, 5.74) is 1.97. The molecule has 0 aliphatic carbocycles. The fraction of sp³-hybridized carbons (Fsp3) is 0.667. The number of benzene rings is 2. The van der Waals surface area contributed by atoms with Crippen LogP contribution in [0.1, 0.15) is 111 Å². The smallest absolute Gasteiger partial charge is 0.489 e. The van der Waals surface area contributed by atoms with Gasteiger partial charge in [0, 0.05) is 59.0 Å². The van der Waals surface area contributed by atoms with Gasteiger partial charge in [0.25, 0.3) is 0 Å². The second-order valence-corrected chi connectivity index (χ2v) is 19.9. The summed E-state index contributed by atoms with van der Waals surface area (Å²) < 4.78 is 49.9. The van der Waals surface area contributed by atoms with E-state index in [4.69, 9.17) is 28.9 Å². The Hall–Kier alpha value is -4.91. The van der Waals surface area contributed by atoms with Crippen LogP contribution in [0.3, 0.4) is 0 Å². The highest BCUT2D eigenvalue weighted by atomic mass is 19.4. The third-order valence-corrected chi connectivity index (χ3v) is 14.2. The SMILES string of the molecule is CC[C@H](C)[C@@H]([C@@H](CC(=O)N1CCC[C@H]1[C@H](OC)[C@@H](C)C(=O)C[C@@H](Cc1ccc(OCc2ccccc2)cc1)C(=O)N1CCCCO1)OC)N(C)C(=O)[C@@H](CC(=O)[C@@H](NC)C(C)C)C(C)C.O=C(O)C(F)(F)F. The lowest BCUT2D eigenvalue weighted by Crippen LogP contribution is -2.54. The fourth-order valence-corrected chi connectivity index (χ4v) is 9.82. The molecule has 2 aliphatic heterocycles. The van der Waals surface area contributed by atoms with Gasteiger partial charge in [-0.1, -0.05) is 97.4 Å². The van der Waals surface area contributed by atoms with Crippen molar-refractivity contribution in [2.75, 3.05) is 48.0 Å². The number of likely N-dealkylation sites (N-methyl/N-ethyl adjacent to an activating group) is 2. The molecule has 0 saturated carbocycles. The van der Waals surface area contributed by atoms with E-state index in [0.717, 1.165) is 36.8 Å². The van der Waals surface area contributed by atoms with Crippen molar-refractivity contribution in [1.82, 2.24) is 20.2 Å². The van der Waals surface area contributed by atoms with Crippen LogP contribution < -0.4 is 10.1 Å². The number of alkyl halides is 3. The largest absolute Gasteiger partial charge is 0.490 e. The van der Waals surface area contributed by atoms with Gasteiger partial charge in [-0.15, -0.1) is 0 Å². The lowest BCUT2D eigenvalue weighted by molar-refractivity contribution is -0.201. The standard InChI is InChI=1S/C52H80N4O9.C2HF3O2/c1-12-36(6)49(54(9)52(61)42(34(2)3)31-45(58)48(53-8)35(4)5)46(62-10)32-47(59)55-26-18-21-43(55)50(63-11)37(7)44(57)30-40(51(60)56-27-16-17-28-65-56)29-38-22-24-41(25-23-38)64-33-39-19-14-13-15-20-39;3-2(4,5)1(6)7/h13-15,19-20,22-25,34-37,40,42-43,46,48-50,53H,12,16-18,21,26-33H2,1-11H3;(H,6,7)/t36-,37-,40+,42-,43-,46+,48-,49-,50+;/m0./s1. The van der Waals surface area contributed by atoms with E-state index in [2.05, 4.69) is 19.2 Å². The van der Waals surface area contributed by atoms with E-state index in [0.29, 0.717) is 44.9 Å². The van der Waals surface area contributed by atoms with Gasteiger partial charge in [0.15, 0.2) is 5.78 Å². The van der Waals surface area contributed by atoms with Gasteiger partial charge in [0.1, 0.15) is 18.1 Å². The number of ether oxygens (including phenoxy) is 3. The number of aliphatic carboxylic acids is 1. The number of carbonyl (C=O) groups excluding carboxylic acids is 5. The summed E-state index contributed by atoms with van der Waals surface area (Å²) in [5.74, 6) is -4.45. The third kappa shape index (κ3) is 17.9. The van der Waals surface area contributed by atoms with Gasteiger partial charge in [0.2, 0.25) is 17.7 Å². The van der Waals surface area contributed by atoms with E-state index < -0.39 is 48.1 Å². The molecule has 404 valence electrons. The number of hydrogen-bond donors (Lipinski definition) is 2. The van der Waals surface area contributed by atoms with E-state index in [1.54, 1.807) is 33.2 Å². The predicted octanol–water partition coefficient (Wildman–Crippen LogP) is 7.97. The van der Waals surface area contributed by atoms with Crippen LogP contribution in [-0.2, 0) is 56.1 Å². The number of methoxy groups -OCH3 is 2. The number of hydrogen-bond acceptors (Lipinski definition) is 11. The highest BCUT2D eigenvalue weighted by Gasteiger charge is 2.44. The van der Waals surface area contributed by atoms with Crippen molar-refractivity contribution in [2.45, 2.75) is 149 Å². The molecule has 15 nitrogen and oxygen atoms in total. The first-order valence-corrected chi connectivity index (χ1v) is 25.3. The van der Waals surface area contributed by atoms with Crippen LogP contribution in [0.2, 0.25) is 0 Å². The summed E-state index contributed by atoms with van der Waals surface area (Å²) in [7, 11) is 6.70. The van der Waals surface area contributed by atoms with Crippen LogP contribution in [0.15, 0.2) is 54.6 Å². The maximum Gasteiger partial charge on any atom is 0.490 e. The summed E-state index contributed by atoms with van der Waals surface area (Å²) in [6.07, 6.45) is -1.97. The number of Topliss-reactive ketones (excluding diaryl/α,β-unsaturated/α-hetero) is 2. The van der Waals surface area contributed by atoms with E-state index in [9.17, 15) is 37.1 Å². The molecule has 2 saturated heterocycles. The minimum Gasteiger partial charge on any atom is -0.489 e. The first kappa shape index (κ1) is 61.4. The number of carboxylic acids is 1. The first-order chi connectivity index (χ1) is 34.0. The highest BCUT2D eigenvalue weighted by Crippen LogP contribution is 2.32. The molecule has 0 bridgehead atoms. The van der Waals surface area contributed by atoms with Crippen LogP contribution in [0.5, 0.6) is 5.75 Å². The van der Waals surface area contributed by atoms with Gasteiger partial charge < -0.3 is 34.4 Å². The lowest BCUT2D eigenvalue weighted by Gasteiger charge is -2.41. The normalized spacial score (nSPS) is 18.5. The Morgan fingerprint density at radius 3 is 1.99 bits per heavy atom. The zero-order chi connectivity index (χ0) is 53.9. The molecule has 2 N–H and O–H groups in total. The van der Waals surface area contributed by atoms with Gasteiger partial charge in [-0.25, -0.2) is 9.86 Å². The maximum atomic E-state index is 14.5. The number of likely N-dealkylation sites (tertiary alicyclic amines) is 1. The number of hydroxylamine groups is 2. The Bertz CT molecular complexity index is 2020. The number of amides is 3. The Kier molecular flexibility index (Phi) is 25.3. The van der Waals surface area contributed by atoms with Crippen molar-refractivity contribution in [1.29, 1.82) is 0 Å². The predicted molar refractivity (Wildman–Crippen MR) is 266 cm³/mol. The lowest BCUT2D eigenvalue weighted by atomic mass is 9.84. The molecule has 2 aliphatic rings. The summed E-state index contributed by atoms with van der Waals surface area (Å²) in [6.45, 7) is 15.8. The zero-order valence-corrected chi connectivity index (χ0v) is 44.2. The average Bonchev–Trinajstić information content (AvgIpc) is 3.84. The average molecular weight is 1020 g/mol. The van der Waals surface area contributed by atoms with Crippen molar-refractivity contribution in [3.8, 4) is 5.75 Å². The molecule has 18 heteroatoms. The number of ketones is 2. The van der Waals surface area contributed by atoms with Gasteiger partial charge in [0.05, 0.1) is 49.3 Å². The molecule has 0 unspecified atom stereocenters. The van der Waals surface area contributed by atoms with Crippen LogP contribution in [0.25, 0.3) is 0 Å². The summed E-state index contributed by atoms with van der Waals surface area (Å²) in [4.78, 5) is 88.9. The van der Waals surface area contributed by atoms with Crippen molar-refractivity contribution < 1.29 is 66.1 Å². The molecule has 2 aromatic carbocycles. The fourth-order valence-electron chi connectivity index (χ4n) is 9.82.